The Morgan fingerprint density at radius 3 is 2.56 bits per heavy atom. The molecule has 1 amide bonds. The van der Waals surface area contributed by atoms with Gasteiger partial charge in [-0.2, -0.15) is 0 Å². The van der Waals surface area contributed by atoms with Gasteiger partial charge >= 0.3 is 0 Å². The van der Waals surface area contributed by atoms with E-state index in [-0.39, 0.29) is 5.91 Å². The number of aromatic nitrogens is 2. The third-order valence-corrected chi connectivity index (χ3v) is 3.26. The van der Waals surface area contributed by atoms with Crippen molar-refractivity contribution >= 4 is 11.9 Å². The predicted octanol–water partition coefficient (Wildman–Crippen LogP) is -0.266. The van der Waals surface area contributed by atoms with Crippen LogP contribution in [0.5, 0.6) is 0 Å². The Bertz CT molecular complexity index is 442. The lowest BCUT2D eigenvalue weighted by Crippen LogP contribution is -2.50. The second-order valence-corrected chi connectivity index (χ2v) is 4.46. The fourth-order valence-electron chi connectivity index (χ4n) is 1.92. The fourth-order valence-corrected chi connectivity index (χ4v) is 1.92. The monoisotopic (exact) mass is 250 g/mol. The van der Waals surface area contributed by atoms with Crippen molar-refractivity contribution in [1.29, 1.82) is 0 Å². The van der Waals surface area contributed by atoms with Crippen molar-refractivity contribution in [2.75, 3.05) is 37.7 Å². The maximum atomic E-state index is 11.3. The average molecular weight is 250 g/mol. The van der Waals surface area contributed by atoms with Gasteiger partial charge in [-0.25, -0.2) is 9.97 Å². The quantitative estimate of drug-likeness (QED) is 0.782. The summed E-state index contributed by atoms with van der Waals surface area (Å²) in [6.07, 6.45) is 1.82. The van der Waals surface area contributed by atoms with E-state index in [4.69, 9.17) is 5.11 Å². The molecule has 6 nitrogen and oxygen atoms in total. The summed E-state index contributed by atoms with van der Waals surface area (Å²) in [4.78, 5) is 23.8. The number of hydrogen-bond donors (Lipinski definition) is 1. The molecular formula is C12H18N4O2. The highest BCUT2D eigenvalue weighted by Crippen LogP contribution is 2.13. The second-order valence-electron chi connectivity index (χ2n) is 4.46. The Balaban J connectivity index is 2.01. The SMILES string of the molecule is Cc1cnc(N2CCN(C(=O)CO)CC2)nc1C. The van der Waals surface area contributed by atoms with Crippen LogP contribution in [-0.2, 0) is 4.79 Å². The van der Waals surface area contributed by atoms with E-state index in [0.29, 0.717) is 32.1 Å². The molecule has 18 heavy (non-hydrogen) atoms. The lowest BCUT2D eigenvalue weighted by molar-refractivity contribution is -0.134. The number of piperazine rings is 1. The molecule has 0 bridgehead atoms. The zero-order valence-corrected chi connectivity index (χ0v) is 10.8. The van der Waals surface area contributed by atoms with Gasteiger partial charge in [0.1, 0.15) is 6.61 Å². The number of aliphatic hydroxyl groups is 1. The van der Waals surface area contributed by atoms with Crippen LogP contribution in [0.4, 0.5) is 5.95 Å². The average Bonchev–Trinajstić information content (AvgIpc) is 2.41. The third-order valence-electron chi connectivity index (χ3n) is 3.26. The van der Waals surface area contributed by atoms with E-state index < -0.39 is 6.61 Å². The van der Waals surface area contributed by atoms with E-state index in [9.17, 15) is 4.79 Å². The fraction of sp³-hybridized carbons (Fsp3) is 0.583. The topological polar surface area (TPSA) is 69.6 Å². The summed E-state index contributed by atoms with van der Waals surface area (Å²) < 4.78 is 0. The van der Waals surface area contributed by atoms with Crippen LogP contribution in [0, 0.1) is 13.8 Å². The first kappa shape index (κ1) is 12.8. The van der Waals surface area contributed by atoms with Crippen LogP contribution < -0.4 is 4.90 Å². The Morgan fingerprint density at radius 1 is 1.33 bits per heavy atom. The zero-order chi connectivity index (χ0) is 13.1. The van der Waals surface area contributed by atoms with Gasteiger partial charge in [0.25, 0.3) is 0 Å². The molecule has 98 valence electrons. The number of amides is 1. The van der Waals surface area contributed by atoms with E-state index in [1.54, 1.807) is 4.90 Å². The van der Waals surface area contributed by atoms with Crippen LogP contribution in [0.25, 0.3) is 0 Å². The number of nitrogens with zero attached hydrogens (tertiary/aromatic N) is 4. The molecule has 0 unspecified atom stereocenters. The van der Waals surface area contributed by atoms with Gasteiger partial charge in [-0.3, -0.25) is 4.79 Å². The summed E-state index contributed by atoms with van der Waals surface area (Å²) in [7, 11) is 0. The number of aryl methyl sites for hydroxylation is 2. The molecule has 0 radical (unpaired) electrons. The highest BCUT2D eigenvalue weighted by Gasteiger charge is 2.21. The number of anilines is 1. The molecule has 1 aromatic heterocycles. The van der Waals surface area contributed by atoms with Crippen LogP contribution in [0.1, 0.15) is 11.3 Å². The lowest BCUT2D eigenvalue weighted by Gasteiger charge is -2.34. The number of carbonyl (C=O) groups is 1. The minimum Gasteiger partial charge on any atom is -0.387 e. The largest absolute Gasteiger partial charge is 0.387 e. The summed E-state index contributed by atoms with van der Waals surface area (Å²) in [5, 5.41) is 8.81. The minimum atomic E-state index is -0.417. The lowest BCUT2D eigenvalue weighted by atomic mass is 10.3. The van der Waals surface area contributed by atoms with Crippen LogP contribution in [0.2, 0.25) is 0 Å². The van der Waals surface area contributed by atoms with Crippen LogP contribution in [-0.4, -0.2) is 58.7 Å². The van der Waals surface area contributed by atoms with E-state index in [2.05, 4.69) is 14.9 Å². The molecule has 0 aromatic carbocycles. The molecule has 1 aliphatic rings. The highest BCUT2D eigenvalue weighted by molar-refractivity contribution is 5.77. The predicted molar refractivity (Wildman–Crippen MR) is 67.4 cm³/mol. The second kappa shape index (κ2) is 5.30. The third kappa shape index (κ3) is 2.59. The van der Waals surface area contributed by atoms with E-state index in [0.717, 1.165) is 11.3 Å². The molecule has 0 saturated carbocycles. The van der Waals surface area contributed by atoms with Gasteiger partial charge in [0.2, 0.25) is 11.9 Å². The van der Waals surface area contributed by atoms with Crippen molar-refractivity contribution in [2.24, 2.45) is 0 Å². The number of rotatable bonds is 2. The van der Waals surface area contributed by atoms with Gasteiger partial charge in [-0.15, -0.1) is 0 Å². The molecule has 1 fully saturated rings. The Kier molecular flexibility index (Phi) is 3.76. The summed E-state index contributed by atoms with van der Waals surface area (Å²) in [6.45, 7) is 6.15. The van der Waals surface area contributed by atoms with Gasteiger partial charge in [-0.05, 0) is 19.4 Å². The summed E-state index contributed by atoms with van der Waals surface area (Å²) in [5.41, 5.74) is 2.06. The molecule has 0 aliphatic carbocycles. The smallest absolute Gasteiger partial charge is 0.248 e. The van der Waals surface area contributed by atoms with Crippen molar-refractivity contribution in [1.82, 2.24) is 14.9 Å². The summed E-state index contributed by atoms with van der Waals surface area (Å²) in [6, 6.07) is 0. The Morgan fingerprint density at radius 2 is 2.00 bits per heavy atom. The van der Waals surface area contributed by atoms with E-state index in [1.165, 1.54) is 0 Å². The standard InChI is InChI=1S/C12H18N4O2/c1-9-7-13-12(14-10(9)2)16-5-3-15(4-6-16)11(18)8-17/h7,17H,3-6,8H2,1-2H3. The number of hydrogen-bond acceptors (Lipinski definition) is 5. The normalized spacial score (nSPS) is 15.9. The van der Waals surface area contributed by atoms with Crippen molar-refractivity contribution in [3.63, 3.8) is 0 Å². The van der Waals surface area contributed by atoms with Gasteiger partial charge in [0.15, 0.2) is 0 Å². The first-order valence-corrected chi connectivity index (χ1v) is 6.05. The zero-order valence-electron chi connectivity index (χ0n) is 10.8. The number of carbonyl (C=O) groups excluding carboxylic acids is 1. The molecule has 0 spiro atoms. The Labute approximate surface area is 106 Å². The van der Waals surface area contributed by atoms with Gasteiger partial charge in [-0.1, -0.05) is 0 Å². The van der Waals surface area contributed by atoms with E-state index in [1.807, 2.05) is 20.0 Å². The van der Waals surface area contributed by atoms with Crippen molar-refractivity contribution in [2.45, 2.75) is 13.8 Å². The van der Waals surface area contributed by atoms with E-state index >= 15 is 0 Å². The molecular weight excluding hydrogens is 232 g/mol. The molecule has 0 atom stereocenters. The summed E-state index contributed by atoms with van der Waals surface area (Å²) >= 11 is 0. The van der Waals surface area contributed by atoms with Gasteiger partial charge in [0, 0.05) is 38.1 Å². The molecule has 1 saturated heterocycles. The molecule has 1 aromatic rings. The maximum Gasteiger partial charge on any atom is 0.248 e. The maximum absolute atomic E-state index is 11.3. The molecule has 2 rings (SSSR count). The molecule has 2 heterocycles. The Hall–Kier alpha value is -1.69. The molecule has 1 N–H and O–H groups in total. The van der Waals surface area contributed by atoms with Crippen LogP contribution in [0.3, 0.4) is 0 Å². The van der Waals surface area contributed by atoms with Crippen LogP contribution >= 0.6 is 0 Å². The first-order chi connectivity index (χ1) is 8.61. The molecule has 6 heteroatoms. The number of aliphatic hydroxyl groups excluding tert-OH is 1. The van der Waals surface area contributed by atoms with Crippen LogP contribution in [0.15, 0.2) is 6.20 Å². The molecule has 1 aliphatic heterocycles. The van der Waals surface area contributed by atoms with Crippen molar-refractivity contribution in [3.8, 4) is 0 Å². The summed E-state index contributed by atoms with van der Waals surface area (Å²) in [5.74, 6) is 0.504. The van der Waals surface area contributed by atoms with Gasteiger partial charge < -0.3 is 14.9 Å². The van der Waals surface area contributed by atoms with Gasteiger partial charge in [0.05, 0.1) is 0 Å². The highest BCUT2D eigenvalue weighted by atomic mass is 16.3. The van der Waals surface area contributed by atoms with Crippen molar-refractivity contribution in [3.05, 3.63) is 17.5 Å². The first-order valence-electron chi connectivity index (χ1n) is 6.05. The van der Waals surface area contributed by atoms with Crippen molar-refractivity contribution < 1.29 is 9.90 Å². The minimum absolute atomic E-state index is 0.212.